The first-order chi connectivity index (χ1) is 5.20. The third-order valence-electron chi connectivity index (χ3n) is 1.11. The van der Waals surface area contributed by atoms with Gasteiger partial charge in [-0.05, 0) is 12.1 Å². The van der Waals surface area contributed by atoms with Crippen LogP contribution in [0.5, 0.6) is 0 Å². The van der Waals surface area contributed by atoms with Gasteiger partial charge in [0.05, 0.1) is 0 Å². The molecule has 0 fully saturated rings. The quantitative estimate of drug-likeness (QED) is 0.622. The monoisotopic (exact) mass is 172 g/mol. The summed E-state index contributed by atoms with van der Waals surface area (Å²) in [7, 11) is 1.80. The zero-order valence-electron chi connectivity index (χ0n) is 7.06. The molecular weight excluding hydrogens is 160 g/mol. The van der Waals surface area contributed by atoms with E-state index in [-0.39, 0.29) is 0 Å². The Morgan fingerprint density at radius 2 is 2.00 bits per heavy atom. The van der Waals surface area contributed by atoms with Gasteiger partial charge in [-0.3, -0.25) is 5.41 Å². The third-order valence-corrected chi connectivity index (χ3v) is 1.35. The van der Waals surface area contributed by atoms with Crippen LogP contribution in [-0.4, -0.2) is 4.57 Å². The van der Waals surface area contributed by atoms with E-state index in [1.165, 1.54) is 0 Å². The van der Waals surface area contributed by atoms with E-state index in [2.05, 4.69) is 0 Å². The second-order valence-electron chi connectivity index (χ2n) is 1.84. The zero-order valence-corrected chi connectivity index (χ0v) is 7.81. The Kier molecular flexibility index (Phi) is 4.62. The molecule has 1 aromatic heterocycles. The summed E-state index contributed by atoms with van der Waals surface area (Å²) in [6.07, 6.45) is 1.75. The molecule has 62 valence electrons. The summed E-state index contributed by atoms with van der Waals surface area (Å²) in [5, 5.41) is 7.85. The van der Waals surface area contributed by atoms with E-state index in [0.717, 1.165) is 0 Å². The largest absolute Gasteiger partial charge is 0.336 e. The van der Waals surface area contributed by atoms with Crippen molar-refractivity contribution < 1.29 is 0 Å². The van der Waals surface area contributed by atoms with E-state index < -0.39 is 0 Å². The van der Waals surface area contributed by atoms with Crippen LogP contribution in [0.4, 0.5) is 0 Å². The van der Waals surface area contributed by atoms with Crippen molar-refractivity contribution in [3.63, 3.8) is 0 Å². The van der Waals surface area contributed by atoms with Crippen LogP contribution in [0.1, 0.15) is 13.8 Å². The first-order valence-electron chi connectivity index (χ1n) is 3.57. The van der Waals surface area contributed by atoms with Gasteiger partial charge in [0.15, 0.2) is 0 Å². The molecule has 0 aliphatic rings. The van der Waals surface area contributed by atoms with E-state index in [4.69, 9.17) is 17.0 Å². The Morgan fingerprint density at radius 3 is 2.36 bits per heavy atom. The smallest absolute Gasteiger partial charge is 0.125 e. The van der Waals surface area contributed by atoms with Crippen LogP contribution in [0.2, 0.25) is 5.02 Å². The Balaban J connectivity index is 0.000000461. The number of aromatic nitrogens is 1. The number of nitrogens with one attached hydrogen (secondary N) is 1. The Hall–Kier alpha value is -0.760. The molecule has 2 nitrogen and oxygen atoms in total. The molecule has 0 amide bonds. The van der Waals surface area contributed by atoms with Crippen LogP contribution in [-0.2, 0) is 7.05 Å². The van der Waals surface area contributed by atoms with Gasteiger partial charge in [-0.15, -0.1) is 0 Å². The number of nitrogens with zero attached hydrogens (tertiary/aromatic N) is 1. The number of rotatable bonds is 0. The van der Waals surface area contributed by atoms with Crippen LogP contribution < -0.4 is 5.49 Å². The molecule has 0 aliphatic carbocycles. The molecule has 0 spiro atoms. The molecule has 0 saturated heterocycles. The molecule has 0 bridgehead atoms. The molecule has 0 aliphatic heterocycles. The average Bonchev–Trinajstić information content (AvgIpc) is 2.02. The predicted molar refractivity (Wildman–Crippen MR) is 47.6 cm³/mol. The number of halogens is 1. The Labute approximate surface area is 72.0 Å². The molecule has 1 heterocycles. The Morgan fingerprint density at radius 1 is 1.45 bits per heavy atom. The number of aryl methyl sites for hydroxylation is 1. The normalized spacial score (nSPS) is 8.36. The van der Waals surface area contributed by atoms with Crippen molar-refractivity contribution >= 4 is 11.6 Å². The van der Waals surface area contributed by atoms with Gasteiger partial charge in [-0.2, -0.15) is 0 Å². The van der Waals surface area contributed by atoms with Gasteiger partial charge in [-0.25, -0.2) is 0 Å². The summed E-state index contributed by atoms with van der Waals surface area (Å²) < 4.78 is 1.69. The topological polar surface area (TPSA) is 28.8 Å². The Bertz CT molecular complexity index is 265. The lowest BCUT2D eigenvalue weighted by molar-refractivity contribution is 0.817. The molecule has 0 atom stereocenters. The van der Waals surface area contributed by atoms with Crippen LogP contribution in [0.25, 0.3) is 0 Å². The fraction of sp³-hybridized carbons (Fsp3) is 0.375. The van der Waals surface area contributed by atoms with E-state index in [0.29, 0.717) is 10.5 Å². The molecule has 11 heavy (non-hydrogen) atoms. The van der Waals surface area contributed by atoms with Crippen molar-refractivity contribution in [3.8, 4) is 0 Å². The van der Waals surface area contributed by atoms with Crippen molar-refractivity contribution in [1.82, 2.24) is 4.57 Å². The zero-order chi connectivity index (χ0) is 8.85. The minimum Gasteiger partial charge on any atom is -0.336 e. The van der Waals surface area contributed by atoms with Gasteiger partial charge in [0, 0.05) is 18.3 Å². The van der Waals surface area contributed by atoms with Crippen LogP contribution in [0.3, 0.4) is 0 Å². The fourth-order valence-electron chi connectivity index (χ4n) is 0.544. The fourth-order valence-corrected chi connectivity index (χ4v) is 0.704. The predicted octanol–water partition coefficient (Wildman–Crippen LogP) is 2.18. The molecule has 3 heteroatoms. The molecule has 1 N–H and O–H groups in total. The van der Waals surface area contributed by atoms with E-state index in [9.17, 15) is 0 Å². The highest BCUT2D eigenvalue weighted by Gasteiger charge is 1.85. The van der Waals surface area contributed by atoms with Gasteiger partial charge in [0.2, 0.25) is 0 Å². The molecule has 0 aromatic carbocycles. The average molecular weight is 173 g/mol. The van der Waals surface area contributed by atoms with E-state index in [1.807, 2.05) is 13.8 Å². The van der Waals surface area contributed by atoms with Gasteiger partial charge in [-0.1, -0.05) is 25.4 Å². The highest BCUT2D eigenvalue weighted by atomic mass is 35.5. The summed E-state index contributed by atoms with van der Waals surface area (Å²) in [6, 6.07) is 3.35. The van der Waals surface area contributed by atoms with Crippen LogP contribution in [0, 0.1) is 5.41 Å². The summed E-state index contributed by atoms with van der Waals surface area (Å²) in [6.45, 7) is 4.00. The maximum Gasteiger partial charge on any atom is 0.125 e. The number of pyridine rings is 1. The van der Waals surface area contributed by atoms with Crippen LogP contribution in [0.15, 0.2) is 18.3 Å². The maximum atomic E-state index is 7.24. The second-order valence-corrected chi connectivity index (χ2v) is 2.28. The lowest BCUT2D eigenvalue weighted by Crippen LogP contribution is -2.13. The number of hydrogen-bond acceptors (Lipinski definition) is 1. The SMILES string of the molecule is CC.Cn1ccc(Cl)cc1=N. The first-order valence-corrected chi connectivity index (χ1v) is 3.95. The standard InChI is InChI=1S/C6H7ClN2.C2H6/c1-9-3-2-5(7)4-6(9)8;1-2/h2-4,8H,1H3;1-2H3. The van der Waals surface area contributed by atoms with Gasteiger partial charge in [0.1, 0.15) is 5.49 Å². The number of hydrogen-bond donors (Lipinski definition) is 1. The molecule has 0 saturated carbocycles. The second kappa shape index (κ2) is 4.97. The molecule has 1 aromatic rings. The maximum absolute atomic E-state index is 7.24. The van der Waals surface area contributed by atoms with Gasteiger partial charge >= 0.3 is 0 Å². The summed E-state index contributed by atoms with van der Waals surface area (Å²) in [5.41, 5.74) is 0.419. The molecule has 0 unspecified atom stereocenters. The van der Waals surface area contributed by atoms with E-state index in [1.54, 1.807) is 29.9 Å². The minimum atomic E-state index is 0.419. The van der Waals surface area contributed by atoms with Crippen molar-refractivity contribution in [3.05, 3.63) is 28.8 Å². The van der Waals surface area contributed by atoms with Crippen molar-refractivity contribution in [2.24, 2.45) is 7.05 Å². The van der Waals surface area contributed by atoms with Crippen molar-refractivity contribution in [2.75, 3.05) is 0 Å². The third kappa shape index (κ3) is 3.23. The van der Waals surface area contributed by atoms with E-state index >= 15 is 0 Å². The van der Waals surface area contributed by atoms with Gasteiger partial charge < -0.3 is 4.57 Å². The summed E-state index contributed by atoms with van der Waals surface area (Å²) in [5.74, 6) is 0. The minimum absolute atomic E-state index is 0.419. The molecular formula is C8H13ClN2. The lowest BCUT2D eigenvalue weighted by atomic mass is 10.5. The summed E-state index contributed by atoms with van der Waals surface area (Å²) >= 11 is 5.58. The van der Waals surface area contributed by atoms with Gasteiger partial charge in [0.25, 0.3) is 0 Å². The highest BCUT2D eigenvalue weighted by Crippen LogP contribution is 2.00. The van der Waals surface area contributed by atoms with Crippen LogP contribution >= 0.6 is 11.6 Å². The lowest BCUT2D eigenvalue weighted by Gasteiger charge is -1.95. The van der Waals surface area contributed by atoms with Crippen molar-refractivity contribution in [1.29, 1.82) is 5.41 Å². The van der Waals surface area contributed by atoms with Crippen molar-refractivity contribution in [2.45, 2.75) is 13.8 Å². The summed E-state index contributed by atoms with van der Waals surface area (Å²) in [4.78, 5) is 0. The first kappa shape index (κ1) is 10.2. The molecule has 0 radical (unpaired) electrons. The highest BCUT2D eigenvalue weighted by molar-refractivity contribution is 6.30. The molecule has 1 rings (SSSR count).